The Bertz CT molecular complexity index is 779. The van der Waals surface area contributed by atoms with Gasteiger partial charge in [0.15, 0.2) is 0 Å². The Kier molecular flexibility index (Phi) is 4.78. The molecule has 0 spiro atoms. The molecule has 1 amide bonds. The van der Waals surface area contributed by atoms with Gasteiger partial charge in [-0.25, -0.2) is 9.78 Å². The average molecular weight is 329 g/mol. The van der Waals surface area contributed by atoms with Crippen molar-refractivity contribution < 1.29 is 4.79 Å². The predicted molar refractivity (Wildman–Crippen MR) is 89.7 cm³/mol. The molecule has 0 bridgehead atoms. The van der Waals surface area contributed by atoms with Gasteiger partial charge in [0.05, 0.1) is 6.20 Å². The zero-order chi connectivity index (χ0) is 17.1. The molecule has 0 aliphatic carbocycles. The van der Waals surface area contributed by atoms with Crippen LogP contribution in [0.25, 0.3) is 0 Å². The summed E-state index contributed by atoms with van der Waals surface area (Å²) in [6, 6.07) is 1.83. The number of hydrogen-bond donors (Lipinski definition) is 1. The molecule has 2 aromatic rings. The molecule has 0 radical (unpaired) electrons. The lowest BCUT2D eigenvalue weighted by Crippen LogP contribution is -2.39. The molecule has 2 aromatic heterocycles. The van der Waals surface area contributed by atoms with Gasteiger partial charge < -0.3 is 9.88 Å². The van der Waals surface area contributed by atoms with Gasteiger partial charge in [-0.15, -0.1) is 0 Å². The molecule has 0 saturated carbocycles. The minimum atomic E-state index is -0.331. The van der Waals surface area contributed by atoms with E-state index in [9.17, 15) is 9.59 Å². The molecule has 3 heterocycles. The minimum absolute atomic E-state index is 0.166. The fourth-order valence-electron chi connectivity index (χ4n) is 3.27. The lowest BCUT2D eigenvalue weighted by molar-refractivity contribution is -0.132. The molecule has 0 aromatic carbocycles. The van der Waals surface area contributed by atoms with E-state index in [4.69, 9.17) is 0 Å². The van der Waals surface area contributed by atoms with Gasteiger partial charge in [0.2, 0.25) is 5.91 Å². The van der Waals surface area contributed by atoms with E-state index >= 15 is 0 Å². The summed E-state index contributed by atoms with van der Waals surface area (Å²) in [7, 11) is 1.91. The molecular formula is C17H23N5O2. The van der Waals surface area contributed by atoms with Crippen LogP contribution in [0.15, 0.2) is 23.3 Å². The van der Waals surface area contributed by atoms with E-state index in [0.717, 1.165) is 36.3 Å². The second-order valence-electron chi connectivity index (χ2n) is 6.39. The highest BCUT2D eigenvalue weighted by molar-refractivity contribution is 5.76. The van der Waals surface area contributed by atoms with Gasteiger partial charge in [-0.1, -0.05) is 0 Å². The molecular weight excluding hydrogens is 306 g/mol. The number of piperidine rings is 1. The van der Waals surface area contributed by atoms with Crippen LogP contribution in [-0.4, -0.2) is 43.6 Å². The van der Waals surface area contributed by atoms with Crippen LogP contribution < -0.4 is 5.69 Å². The van der Waals surface area contributed by atoms with Crippen molar-refractivity contribution in [3.63, 3.8) is 0 Å². The number of amides is 1. The van der Waals surface area contributed by atoms with Crippen molar-refractivity contribution in [2.45, 2.75) is 38.5 Å². The van der Waals surface area contributed by atoms with Crippen LogP contribution >= 0.6 is 0 Å². The summed E-state index contributed by atoms with van der Waals surface area (Å²) in [5.41, 5.74) is 2.77. The van der Waals surface area contributed by atoms with Crippen LogP contribution in [0.3, 0.4) is 0 Å². The Labute approximate surface area is 140 Å². The lowest BCUT2D eigenvalue weighted by atomic mass is 9.94. The van der Waals surface area contributed by atoms with E-state index in [0.29, 0.717) is 19.4 Å². The first kappa shape index (κ1) is 16.4. The van der Waals surface area contributed by atoms with E-state index in [1.165, 1.54) is 6.20 Å². The summed E-state index contributed by atoms with van der Waals surface area (Å²) in [5, 5.41) is 4.22. The SMILES string of the molecule is Cc1c(CCC(=O)N2CCC[C@@H](c3ccnc(=O)[nH]3)C2)cnn1C. The summed E-state index contributed by atoms with van der Waals surface area (Å²) in [6.07, 6.45) is 6.50. The van der Waals surface area contributed by atoms with Crippen LogP contribution in [0.5, 0.6) is 0 Å². The maximum absolute atomic E-state index is 12.5. The third-order valence-electron chi connectivity index (χ3n) is 4.86. The predicted octanol–water partition coefficient (Wildman–Crippen LogP) is 1.15. The monoisotopic (exact) mass is 329 g/mol. The number of likely N-dealkylation sites (tertiary alicyclic amines) is 1. The quantitative estimate of drug-likeness (QED) is 0.912. The van der Waals surface area contributed by atoms with Crippen LogP contribution in [0, 0.1) is 6.92 Å². The van der Waals surface area contributed by atoms with Gasteiger partial charge in [0.1, 0.15) is 0 Å². The number of aromatic amines is 1. The molecule has 7 nitrogen and oxygen atoms in total. The number of carbonyl (C=O) groups excluding carboxylic acids is 1. The number of hydrogen-bond acceptors (Lipinski definition) is 4. The molecule has 3 rings (SSSR count). The fourth-order valence-corrected chi connectivity index (χ4v) is 3.27. The average Bonchev–Trinajstić information content (AvgIpc) is 2.91. The standard InChI is InChI=1S/C17H23N5O2/c1-12-13(10-19-21(12)2)5-6-16(23)22-9-3-4-14(11-22)15-7-8-18-17(24)20-15/h7-8,10,14H,3-6,9,11H2,1-2H3,(H,18,20,24)/t14-/m1/s1. The lowest BCUT2D eigenvalue weighted by Gasteiger charge is -2.32. The molecule has 0 unspecified atom stereocenters. The Morgan fingerprint density at radius 1 is 1.46 bits per heavy atom. The number of nitrogens with one attached hydrogen (secondary N) is 1. The molecule has 1 N–H and O–H groups in total. The van der Waals surface area contributed by atoms with Crippen LogP contribution in [0.4, 0.5) is 0 Å². The van der Waals surface area contributed by atoms with E-state index in [-0.39, 0.29) is 17.5 Å². The van der Waals surface area contributed by atoms with Crippen molar-refractivity contribution in [3.05, 3.63) is 45.9 Å². The zero-order valence-electron chi connectivity index (χ0n) is 14.2. The molecule has 1 aliphatic rings. The second-order valence-corrected chi connectivity index (χ2v) is 6.39. The third-order valence-corrected chi connectivity index (χ3v) is 4.86. The highest BCUT2D eigenvalue weighted by Gasteiger charge is 2.25. The van der Waals surface area contributed by atoms with Crippen LogP contribution in [-0.2, 0) is 18.3 Å². The van der Waals surface area contributed by atoms with Crippen molar-refractivity contribution in [2.24, 2.45) is 7.05 Å². The normalized spacial score (nSPS) is 17.9. The zero-order valence-corrected chi connectivity index (χ0v) is 14.2. The highest BCUT2D eigenvalue weighted by Crippen LogP contribution is 2.25. The van der Waals surface area contributed by atoms with Gasteiger partial charge in [-0.05, 0) is 37.8 Å². The summed E-state index contributed by atoms with van der Waals surface area (Å²) in [4.78, 5) is 32.3. The Balaban J connectivity index is 1.61. The van der Waals surface area contributed by atoms with Crippen molar-refractivity contribution in [3.8, 4) is 0 Å². The first-order chi connectivity index (χ1) is 11.5. The molecule has 1 fully saturated rings. The largest absolute Gasteiger partial charge is 0.345 e. The van der Waals surface area contributed by atoms with Gasteiger partial charge in [0, 0.05) is 50.1 Å². The van der Waals surface area contributed by atoms with Gasteiger partial charge in [-0.2, -0.15) is 5.10 Å². The topological polar surface area (TPSA) is 83.9 Å². The Hall–Kier alpha value is -2.44. The first-order valence-electron chi connectivity index (χ1n) is 8.35. The Morgan fingerprint density at radius 2 is 2.29 bits per heavy atom. The maximum Gasteiger partial charge on any atom is 0.345 e. The maximum atomic E-state index is 12.5. The summed E-state index contributed by atoms with van der Waals surface area (Å²) in [6.45, 7) is 3.46. The van der Waals surface area contributed by atoms with E-state index in [1.54, 1.807) is 0 Å². The van der Waals surface area contributed by atoms with Gasteiger partial charge in [0.25, 0.3) is 0 Å². The number of aromatic nitrogens is 4. The minimum Gasteiger partial charge on any atom is -0.342 e. The first-order valence-corrected chi connectivity index (χ1v) is 8.35. The van der Waals surface area contributed by atoms with E-state index < -0.39 is 0 Å². The summed E-state index contributed by atoms with van der Waals surface area (Å²) in [5.74, 6) is 0.345. The van der Waals surface area contributed by atoms with Crippen LogP contribution in [0.2, 0.25) is 0 Å². The molecule has 24 heavy (non-hydrogen) atoms. The van der Waals surface area contributed by atoms with E-state index in [1.807, 2.05) is 35.8 Å². The molecule has 1 aliphatic heterocycles. The summed E-state index contributed by atoms with van der Waals surface area (Å²) < 4.78 is 1.83. The van der Waals surface area contributed by atoms with E-state index in [2.05, 4.69) is 15.1 Å². The number of rotatable bonds is 4. The van der Waals surface area contributed by atoms with Crippen molar-refractivity contribution in [1.82, 2.24) is 24.6 Å². The third kappa shape index (κ3) is 3.55. The Morgan fingerprint density at radius 3 is 3.00 bits per heavy atom. The number of H-pyrrole nitrogens is 1. The van der Waals surface area contributed by atoms with Crippen LogP contribution in [0.1, 0.15) is 42.1 Å². The second kappa shape index (κ2) is 6.98. The highest BCUT2D eigenvalue weighted by atomic mass is 16.2. The summed E-state index contributed by atoms with van der Waals surface area (Å²) >= 11 is 0. The van der Waals surface area contributed by atoms with Crippen molar-refractivity contribution in [1.29, 1.82) is 0 Å². The fraction of sp³-hybridized carbons (Fsp3) is 0.529. The van der Waals surface area contributed by atoms with Crippen molar-refractivity contribution >= 4 is 5.91 Å². The molecule has 7 heteroatoms. The molecule has 128 valence electrons. The van der Waals surface area contributed by atoms with Crippen molar-refractivity contribution in [2.75, 3.05) is 13.1 Å². The number of aryl methyl sites for hydroxylation is 2. The molecule has 1 saturated heterocycles. The number of carbonyl (C=O) groups is 1. The number of nitrogens with zero attached hydrogens (tertiary/aromatic N) is 4. The van der Waals surface area contributed by atoms with Gasteiger partial charge >= 0.3 is 5.69 Å². The smallest absolute Gasteiger partial charge is 0.342 e. The molecule has 1 atom stereocenters. The van der Waals surface area contributed by atoms with Gasteiger partial charge in [-0.3, -0.25) is 9.48 Å².